The number of ether oxygens (including phenoxy) is 1. The van der Waals surface area contributed by atoms with Crippen molar-refractivity contribution >= 4 is 0 Å². The summed E-state index contributed by atoms with van der Waals surface area (Å²) in [7, 11) is 0. The molecule has 2 N–H and O–H groups in total. The first-order valence-electron chi connectivity index (χ1n) is 4.34. The molecule has 3 heteroatoms. The summed E-state index contributed by atoms with van der Waals surface area (Å²) in [5.74, 6) is 0. The van der Waals surface area contributed by atoms with Crippen LogP contribution in [-0.2, 0) is 4.74 Å². The third-order valence-electron chi connectivity index (χ3n) is 1.03. The highest BCUT2D eigenvalue weighted by atomic mass is 16.5. The summed E-state index contributed by atoms with van der Waals surface area (Å²) in [6.45, 7) is 8.48. The molecule has 0 fully saturated rings. The summed E-state index contributed by atoms with van der Waals surface area (Å²) in [4.78, 5) is 0. The third-order valence-corrected chi connectivity index (χ3v) is 1.03. The van der Waals surface area contributed by atoms with Crippen molar-refractivity contribution in [1.82, 2.24) is 0 Å². The van der Waals surface area contributed by atoms with E-state index in [-0.39, 0.29) is 13.2 Å². The minimum absolute atomic E-state index is 0.125. The fourth-order valence-electron chi connectivity index (χ4n) is 0.435. The van der Waals surface area contributed by atoms with Gasteiger partial charge in [-0.3, -0.25) is 0 Å². The molecule has 0 spiro atoms. The van der Waals surface area contributed by atoms with E-state index in [1.165, 1.54) is 0 Å². The van der Waals surface area contributed by atoms with Gasteiger partial charge in [-0.25, -0.2) is 0 Å². The molecule has 0 aromatic carbocycles. The van der Waals surface area contributed by atoms with Crippen molar-refractivity contribution in [2.75, 3.05) is 26.4 Å². The fourth-order valence-corrected chi connectivity index (χ4v) is 0.435. The summed E-state index contributed by atoms with van der Waals surface area (Å²) in [6, 6.07) is 0. The first-order valence-corrected chi connectivity index (χ1v) is 4.34. The molecule has 0 rings (SSSR count). The smallest absolute Gasteiger partial charge is 0.0662 e. The molecule has 0 amide bonds. The molecule has 0 heterocycles. The van der Waals surface area contributed by atoms with E-state index in [1.807, 2.05) is 12.2 Å². The van der Waals surface area contributed by atoms with Crippen molar-refractivity contribution in [2.24, 2.45) is 0 Å². The van der Waals surface area contributed by atoms with Crippen molar-refractivity contribution in [3.8, 4) is 0 Å². The monoisotopic (exact) mass is 188 g/mol. The van der Waals surface area contributed by atoms with Crippen molar-refractivity contribution in [3.63, 3.8) is 0 Å². The molecule has 0 aliphatic heterocycles. The largest absolute Gasteiger partial charge is 0.394 e. The van der Waals surface area contributed by atoms with Crippen molar-refractivity contribution in [3.05, 3.63) is 25.3 Å². The van der Waals surface area contributed by atoms with Gasteiger partial charge in [-0.15, -0.1) is 13.2 Å². The Hall–Kier alpha value is -0.640. The Morgan fingerprint density at radius 3 is 1.54 bits per heavy atom. The van der Waals surface area contributed by atoms with Gasteiger partial charge in [-0.05, 0) is 12.8 Å². The highest BCUT2D eigenvalue weighted by Gasteiger charge is 1.81. The van der Waals surface area contributed by atoms with Gasteiger partial charge >= 0.3 is 0 Å². The average Bonchev–Trinajstić information content (AvgIpc) is 2.18. The number of hydrogen-bond donors (Lipinski definition) is 2. The molecule has 78 valence electrons. The van der Waals surface area contributed by atoms with Crippen molar-refractivity contribution < 1.29 is 14.9 Å². The molecule has 0 aliphatic carbocycles. The normalized spacial score (nSPS) is 8.46. The Kier molecular flexibility index (Phi) is 19.9. The summed E-state index contributed by atoms with van der Waals surface area (Å²) in [5, 5.41) is 15.2. The summed E-state index contributed by atoms with van der Waals surface area (Å²) < 4.78 is 5.17. The number of hydrogen-bond acceptors (Lipinski definition) is 3. The zero-order valence-electron chi connectivity index (χ0n) is 8.11. The zero-order chi connectivity index (χ0) is 10.4. The Morgan fingerprint density at radius 1 is 0.923 bits per heavy atom. The molecule has 0 saturated carbocycles. The number of rotatable bonds is 7. The highest BCUT2D eigenvalue weighted by Crippen LogP contribution is 1.85. The lowest BCUT2D eigenvalue weighted by atomic mass is 10.4. The topological polar surface area (TPSA) is 49.7 Å². The predicted octanol–water partition coefficient (Wildman–Crippen LogP) is 1.13. The molecule has 0 aromatic heterocycles. The van der Waals surface area contributed by atoms with Crippen LogP contribution in [0.25, 0.3) is 0 Å². The van der Waals surface area contributed by atoms with Crippen LogP contribution in [0.5, 0.6) is 0 Å². The predicted molar refractivity (Wildman–Crippen MR) is 54.6 cm³/mol. The van der Waals surface area contributed by atoms with Crippen LogP contribution in [0.3, 0.4) is 0 Å². The molecule has 0 radical (unpaired) electrons. The Bertz CT molecular complexity index is 90.3. The van der Waals surface area contributed by atoms with Gasteiger partial charge in [0, 0.05) is 0 Å². The average molecular weight is 188 g/mol. The lowest BCUT2D eigenvalue weighted by molar-refractivity contribution is 0.143. The van der Waals surface area contributed by atoms with E-state index in [0.29, 0.717) is 0 Å². The van der Waals surface area contributed by atoms with Crippen LogP contribution >= 0.6 is 0 Å². The van der Waals surface area contributed by atoms with E-state index < -0.39 is 0 Å². The van der Waals surface area contributed by atoms with E-state index in [2.05, 4.69) is 13.2 Å². The second-order valence-corrected chi connectivity index (χ2v) is 2.21. The molecular formula is C10H20O3. The highest BCUT2D eigenvalue weighted by molar-refractivity contribution is 4.66. The maximum atomic E-state index is 7.62. The van der Waals surface area contributed by atoms with E-state index in [1.54, 1.807) is 0 Å². The molecule has 0 atom stereocenters. The zero-order valence-corrected chi connectivity index (χ0v) is 8.11. The van der Waals surface area contributed by atoms with Crippen LogP contribution in [0.1, 0.15) is 12.8 Å². The molecule has 3 nitrogen and oxygen atoms in total. The molecule has 0 aromatic rings. The molecule has 0 bridgehead atoms. The van der Waals surface area contributed by atoms with E-state index >= 15 is 0 Å². The summed E-state index contributed by atoms with van der Waals surface area (Å²) >= 11 is 0. The van der Waals surface area contributed by atoms with Crippen LogP contribution in [0.4, 0.5) is 0 Å². The van der Waals surface area contributed by atoms with Crippen molar-refractivity contribution in [1.29, 1.82) is 0 Å². The molecule has 13 heavy (non-hydrogen) atoms. The van der Waals surface area contributed by atoms with E-state index in [0.717, 1.165) is 26.1 Å². The molecule has 0 unspecified atom stereocenters. The first kappa shape index (κ1) is 14.9. The maximum absolute atomic E-state index is 7.62. The van der Waals surface area contributed by atoms with Gasteiger partial charge in [0.15, 0.2) is 0 Å². The number of aliphatic hydroxyl groups excluding tert-OH is 2. The van der Waals surface area contributed by atoms with Gasteiger partial charge < -0.3 is 14.9 Å². The lowest BCUT2D eigenvalue weighted by Gasteiger charge is -1.96. The SMILES string of the molecule is C=CCCOCCC=C.OCCO. The fraction of sp³-hybridized carbons (Fsp3) is 0.600. The second-order valence-electron chi connectivity index (χ2n) is 2.21. The second kappa shape index (κ2) is 17.4. The quantitative estimate of drug-likeness (QED) is 0.465. The minimum atomic E-state index is -0.125. The number of aliphatic hydroxyl groups is 2. The Balaban J connectivity index is 0. The van der Waals surface area contributed by atoms with E-state index in [9.17, 15) is 0 Å². The first-order chi connectivity index (χ1) is 6.33. The van der Waals surface area contributed by atoms with Gasteiger partial charge in [0.1, 0.15) is 0 Å². The third kappa shape index (κ3) is 24.6. The molecular weight excluding hydrogens is 168 g/mol. The summed E-state index contributed by atoms with van der Waals surface area (Å²) in [6.07, 6.45) is 5.59. The minimum Gasteiger partial charge on any atom is -0.394 e. The van der Waals surface area contributed by atoms with Crippen LogP contribution in [0.15, 0.2) is 25.3 Å². The van der Waals surface area contributed by atoms with Crippen LogP contribution in [-0.4, -0.2) is 36.6 Å². The molecule has 0 aliphatic rings. The van der Waals surface area contributed by atoms with Gasteiger partial charge in [0.2, 0.25) is 0 Å². The summed E-state index contributed by atoms with van der Waals surface area (Å²) in [5.41, 5.74) is 0. The van der Waals surface area contributed by atoms with Gasteiger partial charge in [-0.1, -0.05) is 12.2 Å². The van der Waals surface area contributed by atoms with Crippen LogP contribution in [0, 0.1) is 0 Å². The Labute approximate surface area is 80.4 Å². The lowest BCUT2D eigenvalue weighted by Crippen LogP contribution is -1.93. The van der Waals surface area contributed by atoms with Gasteiger partial charge in [-0.2, -0.15) is 0 Å². The standard InChI is InChI=1S/C8H14O.C2H6O2/c1-3-5-7-9-8-6-4-2;3-1-2-4/h3-4H,1-2,5-8H2;3-4H,1-2H2. The van der Waals surface area contributed by atoms with Gasteiger partial charge in [0.25, 0.3) is 0 Å². The molecule has 0 saturated heterocycles. The van der Waals surface area contributed by atoms with Gasteiger partial charge in [0.05, 0.1) is 26.4 Å². The Morgan fingerprint density at radius 2 is 1.31 bits per heavy atom. The van der Waals surface area contributed by atoms with Crippen LogP contribution in [0.2, 0.25) is 0 Å². The van der Waals surface area contributed by atoms with E-state index in [4.69, 9.17) is 14.9 Å². The van der Waals surface area contributed by atoms with Crippen LogP contribution < -0.4 is 0 Å². The maximum Gasteiger partial charge on any atom is 0.0662 e. The van der Waals surface area contributed by atoms with Crippen molar-refractivity contribution in [2.45, 2.75) is 12.8 Å².